The van der Waals surface area contributed by atoms with Crippen molar-refractivity contribution in [2.75, 3.05) is 37.6 Å². The number of aryl methyl sites for hydroxylation is 1. The van der Waals surface area contributed by atoms with E-state index >= 15 is 0 Å². The van der Waals surface area contributed by atoms with Gasteiger partial charge in [0.1, 0.15) is 5.82 Å². The molecule has 1 aliphatic rings. The van der Waals surface area contributed by atoms with Crippen LogP contribution in [0.15, 0.2) is 12.1 Å². The van der Waals surface area contributed by atoms with E-state index in [1.165, 1.54) is 0 Å². The fraction of sp³-hybridized carbons (Fsp3) is 0.647. The molecule has 1 atom stereocenters. The lowest BCUT2D eigenvalue weighted by Gasteiger charge is -2.38. The van der Waals surface area contributed by atoms with E-state index in [2.05, 4.69) is 23.6 Å². The summed E-state index contributed by atoms with van der Waals surface area (Å²) >= 11 is 0. The lowest BCUT2D eigenvalue weighted by molar-refractivity contribution is 0.231. The molecule has 0 aliphatic carbocycles. The molecule has 2 rings (SSSR count). The van der Waals surface area contributed by atoms with E-state index in [-0.39, 0.29) is 11.9 Å². The summed E-state index contributed by atoms with van der Waals surface area (Å²) < 4.78 is 13.8. The van der Waals surface area contributed by atoms with Crippen LogP contribution in [-0.4, -0.2) is 37.6 Å². The number of halogens is 1. The van der Waals surface area contributed by atoms with Gasteiger partial charge in [0.15, 0.2) is 0 Å². The number of hydrogen-bond donors (Lipinski definition) is 1. The maximum atomic E-state index is 13.8. The number of piperazine rings is 1. The minimum absolute atomic E-state index is 0.149. The van der Waals surface area contributed by atoms with Crippen LogP contribution in [0.25, 0.3) is 0 Å². The van der Waals surface area contributed by atoms with Gasteiger partial charge < -0.3 is 10.6 Å². The molecule has 0 saturated carbocycles. The first-order valence-corrected chi connectivity index (χ1v) is 7.91. The second kappa shape index (κ2) is 6.75. The first-order valence-electron chi connectivity index (χ1n) is 7.91. The van der Waals surface area contributed by atoms with E-state index in [4.69, 9.17) is 5.73 Å². The monoisotopic (exact) mass is 293 g/mol. The van der Waals surface area contributed by atoms with E-state index in [0.29, 0.717) is 11.5 Å². The Labute approximate surface area is 127 Å². The molecule has 1 fully saturated rings. The average molecular weight is 293 g/mol. The molecule has 1 heterocycles. The molecule has 1 aromatic rings. The van der Waals surface area contributed by atoms with Gasteiger partial charge in [0.05, 0.1) is 0 Å². The van der Waals surface area contributed by atoms with E-state index in [1.54, 1.807) is 6.07 Å². The molecule has 0 radical (unpaired) electrons. The molecule has 21 heavy (non-hydrogen) atoms. The first kappa shape index (κ1) is 16.2. The first-order chi connectivity index (χ1) is 9.88. The number of anilines is 1. The van der Waals surface area contributed by atoms with Gasteiger partial charge in [-0.05, 0) is 43.0 Å². The molecule has 0 amide bonds. The number of benzene rings is 1. The highest BCUT2D eigenvalue weighted by atomic mass is 19.1. The van der Waals surface area contributed by atoms with Crippen molar-refractivity contribution in [2.45, 2.75) is 33.7 Å². The Morgan fingerprint density at radius 1 is 1.14 bits per heavy atom. The number of hydrogen-bond acceptors (Lipinski definition) is 3. The molecule has 0 spiro atoms. The second-order valence-corrected chi connectivity index (χ2v) is 6.63. The smallest absolute Gasteiger partial charge is 0.126 e. The minimum Gasteiger partial charge on any atom is -0.369 e. The molecule has 1 aromatic carbocycles. The molecular formula is C17H28FN3. The van der Waals surface area contributed by atoms with Gasteiger partial charge in [0.2, 0.25) is 0 Å². The van der Waals surface area contributed by atoms with Crippen LogP contribution in [0.3, 0.4) is 0 Å². The molecule has 0 bridgehead atoms. The highest BCUT2D eigenvalue weighted by Gasteiger charge is 2.21. The summed E-state index contributed by atoms with van der Waals surface area (Å²) in [6, 6.07) is 3.41. The van der Waals surface area contributed by atoms with Gasteiger partial charge in [0.25, 0.3) is 0 Å². The molecule has 118 valence electrons. The van der Waals surface area contributed by atoms with Crippen molar-refractivity contribution in [2.24, 2.45) is 11.7 Å². The summed E-state index contributed by atoms with van der Waals surface area (Å²) in [5, 5.41) is 0. The van der Waals surface area contributed by atoms with Crippen LogP contribution >= 0.6 is 0 Å². The van der Waals surface area contributed by atoms with Gasteiger partial charge >= 0.3 is 0 Å². The fourth-order valence-corrected chi connectivity index (χ4v) is 3.01. The van der Waals surface area contributed by atoms with Crippen LogP contribution in [0.1, 0.15) is 37.9 Å². The predicted molar refractivity (Wildman–Crippen MR) is 87.2 cm³/mol. The molecule has 2 N–H and O–H groups in total. The maximum absolute atomic E-state index is 13.8. The summed E-state index contributed by atoms with van der Waals surface area (Å²) in [4.78, 5) is 4.85. The van der Waals surface area contributed by atoms with Gasteiger partial charge in [-0.3, -0.25) is 4.90 Å². The Kier molecular flexibility index (Phi) is 5.22. The van der Waals surface area contributed by atoms with Gasteiger partial charge in [-0.2, -0.15) is 0 Å². The Balaban J connectivity index is 2.14. The van der Waals surface area contributed by atoms with E-state index in [1.807, 2.05) is 19.9 Å². The SMILES string of the molecule is Cc1cc(N2CCN(CC(C)C)CC2)c(C(C)N)cc1F. The quantitative estimate of drug-likeness (QED) is 0.926. The van der Waals surface area contributed by atoms with E-state index < -0.39 is 0 Å². The normalized spacial score (nSPS) is 18.3. The van der Waals surface area contributed by atoms with Gasteiger partial charge in [0, 0.05) is 44.5 Å². The van der Waals surface area contributed by atoms with Crippen molar-refractivity contribution < 1.29 is 4.39 Å². The van der Waals surface area contributed by atoms with Crippen molar-refractivity contribution in [3.63, 3.8) is 0 Å². The number of nitrogens with two attached hydrogens (primary N) is 1. The molecule has 4 heteroatoms. The van der Waals surface area contributed by atoms with E-state index in [9.17, 15) is 4.39 Å². The molecule has 1 unspecified atom stereocenters. The third-order valence-electron chi connectivity index (χ3n) is 4.13. The van der Waals surface area contributed by atoms with Crippen molar-refractivity contribution in [1.29, 1.82) is 0 Å². The predicted octanol–water partition coefficient (Wildman–Crippen LogP) is 2.93. The van der Waals surface area contributed by atoms with E-state index in [0.717, 1.165) is 44.0 Å². The summed E-state index contributed by atoms with van der Waals surface area (Å²) in [5.41, 5.74) is 8.74. The van der Waals surface area contributed by atoms with Crippen LogP contribution in [0.4, 0.5) is 10.1 Å². The Morgan fingerprint density at radius 2 is 1.76 bits per heavy atom. The molecule has 0 aromatic heterocycles. The highest BCUT2D eigenvalue weighted by molar-refractivity contribution is 5.57. The van der Waals surface area contributed by atoms with Gasteiger partial charge in [-0.1, -0.05) is 13.8 Å². The summed E-state index contributed by atoms with van der Waals surface area (Å²) in [7, 11) is 0. The second-order valence-electron chi connectivity index (χ2n) is 6.63. The van der Waals surface area contributed by atoms with Crippen LogP contribution < -0.4 is 10.6 Å². The topological polar surface area (TPSA) is 32.5 Å². The Morgan fingerprint density at radius 3 is 2.29 bits per heavy atom. The van der Waals surface area contributed by atoms with Crippen LogP contribution in [-0.2, 0) is 0 Å². The van der Waals surface area contributed by atoms with Crippen molar-refractivity contribution in [3.8, 4) is 0 Å². The molecule has 3 nitrogen and oxygen atoms in total. The van der Waals surface area contributed by atoms with Gasteiger partial charge in [-0.15, -0.1) is 0 Å². The fourth-order valence-electron chi connectivity index (χ4n) is 3.01. The van der Waals surface area contributed by atoms with Crippen molar-refractivity contribution in [3.05, 3.63) is 29.1 Å². The maximum Gasteiger partial charge on any atom is 0.126 e. The largest absolute Gasteiger partial charge is 0.369 e. The lowest BCUT2D eigenvalue weighted by atomic mass is 10.0. The zero-order valence-electron chi connectivity index (χ0n) is 13.7. The number of rotatable bonds is 4. The van der Waals surface area contributed by atoms with Crippen LogP contribution in [0, 0.1) is 18.7 Å². The third kappa shape index (κ3) is 3.95. The Hall–Kier alpha value is -1.13. The summed E-state index contributed by atoms with van der Waals surface area (Å²) in [6.45, 7) is 13.5. The zero-order chi connectivity index (χ0) is 15.6. The summed E-state index contributed by atoms with van der Waals surface area (Å²) in [6.07, 6.45) is 0. The van der Waals surface area contributed by atoms with Crippen molar-refractivity contribution in [1.82, 2.24) is 4.90 Å². The lowest BCUT2D eigenvalue weighted by Crippen LogP contribution is -2.47. The molecule has 1 saturated heterocycles. The average Bonchev–Trinajstić information content (AvgIpc) is 2.41. The third-order valence-corrected chi connectivity index (χ3v) is 4.13. The molecule has 1 aliphatic heterocycles. The zero-order valence-corrected chi connectivity index (χ0v) is 13.7. The molecular weight excluding hydrogens is 265 g/mol. The van der Waals surface area contributed by atoms with Crippen LogP contribution in [0.5, 0.6) is 0 Å². The Bertz CT molecular complexity index is 477. The summed E-state index contributed by atoms with van der Waals surface area (Å²) in [5.74, 6) is 0.536. The highest BCUT2D eigenvalue weighted by Crippen LogP contribution is 2.29. The van der Waals surface area contributed by atoms with Gasteiger partial charge in [-0.25, -0.2) is 4.39 Å². The van der Waals surface area contributed by atoms with Crippen molar-refractivity contribution >= 4 is 5.69 Å². The van der Waals surface area contributed by atoms with Crippen LogP contribution in [0.2, 0.25) is 0 Å². The number of nitrogens with zero attached hydrogens (tertiary/aromatic N) is 2. The standard InChI is InChI=1S/C17H28FN3/c1-12(2)11-20-5-7-21(8-6-20)17-9-13(3)16(18)10-15(17)14(4)19/h9-10,12,14H,5-8,11,19H2,1-4H3. The minimum atomic E-state index is -0.163.